The third-order valence-corrected chi connectivity index (χ3v) is 4.46. The maximum atomic E-state index is 13.2. The van der Waals surface area contributed by atoms with Crippen LogP contribution in [0.3, 0.4) is 0 Å². The molecular weight excluding hydrogens is 311 g/mol. The number of aryl methyl sites for hydroxylation is 1. The van der Waals surface area contributed by atoms with Crippen molar-refractivity contribution in [2.45, 2.75) is 32.2 Å². The van der Waals surface area contributed by atoms with E-state index in [0.717, 1.165) is 19.3 Å². The number of halogens is 1. The SMILES string of the molecule is Cc1cc(F)ccc1-n1cc(O)c(C(=O)N2CCCCC2CN)n1. The first-order valence-corrected chi connectivity index (χ1v) is 8.07. The number of hydrogen-bond acceptors (Lipinski definition) is 4. The minimum atomic E-state index is -0.344. The zero-order valence-electron chi connectivity index (χ0n) is 13.6. The quantitative estimate of drug-likeness (QED) is 0.900. The number of benzene rings is 1. The van der Waals surface area contributed by atoms with Crippen LogP contribution in [-0.2, 0) is 0 Å². The standard InChI is InChI=1S/C17H21FN4O2/c1-11-8-12(18)5-6-14(11)22-10-15(23)16(20-22)17(24)21-7-3-2-4-13(21)9-19/h5-6,8,10,13,23H,2-4,7,9,19H2,1H3. The second-order valence-corrected chi connectivity index (χ2v) is 6.12. The molecule has 1 unspecified atom stereocenters. The molecule has 0 radical (unpaired) electrons. The number of hydrogen-bond donors (Lipinski definition) is 2. The summed E-state index contributed by atoms with van der Waals surface area (Å²) in [5, 5.41) is 14.4. The highest BCUT2D eigenvalue weighted by Gasteiger charge is 2.30. The van der Waals surface area contributed by atoms with Gasteiger partial charge in [0.2, 0.25) is 0 Å². The third kappa shape index (κ3) is 2.99. The number of carbonyl (C=O) groups is 1. The molecule has 1 aliphatic heterocycles. The van der Waals surface area contributed by atoms with Crippen molar-refractivity contribution in [3.05, 3.63) is 41.5 Å². The molecule has 1 atom stereocenters. The fourth-order valence-corrected chi connectivity index (χ4v) is 3.17. The molecule has 0 saturated carbocycles. The Morgan fingerprint density at radius 2 is 2.25 bits per heavy atom. The zero-order chi connectivity index (χ0) is 17.3. The molecule has 2 heterocycles. The van der Waals surface area contributed by atoms with Gasteiger partial charge in [-0.15, -0.1) is 0 Å². The highest BCUT2D eigenvalue weighted by atomic mass is 19.1. The van der Waals surface area contributed by atoms with Crippen LogP contribution in [0.1, 0.15) is 35.3 Å². The van der Waals surface area contributed by atoms with E-state index in [9.17, 15) is 14.3 Å². The van der Waals surface area contributed by atoms with Gasteiger partial charge in [0.05, 0.1) is 11.9 Å². The lowest BCUT2D eigenvalue weighted by Crippen LogP contribution is -2.47. The first-order chi connectivity index (χ1) is 11.5. The summed E-state index contributed by atoms with van der Waals surface area (Å²) in [4.78, 5) is 14.4. The number of piperidine rings is 1. The molecule has 1 saturated heterocycles. The van der Waals surface area contributed by atoms with Crippen molar-refractivity contribution >= 4 is 5.91 Å². The number of nitrogens with two attached hydrogens (primary N) is 1. The third-order valence-electron chi connectivity index (χ3n) is 4.46. The lowest BCUT2D eigenvalue weighted by Gasteiger charge is -2.34. The van der Waals surface area contributed by atoms with Crippen molar-refractivity contribution in [1.82, 2.24) is 14.7 Å². The molecule has 6 nitrogen and oxygen atoms in total. The summed E-state index contributed by atoms with van der Waals surface area (Å²) in [5.74, 6) is -0.853. The molecule has 1 fully saturated rings. The van der Waals surface area contributed by atoms with Crippen LogP contribution in [0.2, 0.25) is 0 Å². The Labute approximate surface area is 139 Å². The number of aromatic hydroxyl groups is 1. The Balaban J connectivity index is 1.92. The van der Waals surface area contributed by atoms with Gasteiger partial charge in [-0.1, -0.05) is 0 Å². The van der Waals surface area contributed by atoms with Crippen LogP contribution >= 0.6 is 0 Å². The summed E-state index contributed by atoms with van der Waals surface area (Å²) in [5.41, 5.74) is 7.03. The fourth-order valence-electron chi connectivity index (χ4n) is 3.17. The summed E-state index contributed by atoms with van der Waals surface area (Å²) >= 11 is 0. The highest BCUT2D eigenvalue weighted by molar-refractivity contribution is 5.95. The average molecular weight is 332 g/mol. The molecular formula is C17H21FN4O2. The van der Waals surface area contributed by atoms with E-state index in [1.807, 2.05) is 0 Å². The summed E-state index contributed by atoms with van der Waals surface area (Å²) in [6.07, 6.45) is 4.19. The van der Waals surface area contributed by atoms with Gasteiger partial charge in [-0.2, -0.15) is 5.10 Å². The van der Waals surface area contributed by atoms with E-state index >= 15 is 0 Å². The molecule has 128 valence electrons. The molecule has 2 aromatic rings. The van der Waals surface area contributed by atoms with Crippen LogP contribution in [0.5, 0.6) is 5.75 Å². The topological polar surface area (TPSA) is 84.4 Å². The molecule has 0 bridgehead atoms. The average Bonchev–Trinajstić information content (AvgIpc) is 2.95. The van der Waals surface area contributed by atoms with Crippen molar-refractivity contribution < 1.29 is 14.3 Å². The van der Waals surface area contributed by atoms with Gasteiger partial charge < -0.3 is 15.7 Å². The van der Waals surface area contributed by atoms with Crippen molar-refractivity contribution in [1.29, 1.82) is 0 Å². The van der Waals surface area contributed by atoms with E-state index in [1.54, 1.807) is 17.9 Å². The lowest BCUT2D eigenvalue weighted by molar-refractivity contribution is 0.0614. The number of likely N-dealkylation sites (tertiary alicyclic amines) is 1. The number of rotatable bonds is 3. The van der Waals surface area contributed by atoms with E-state index < -0.39 is 0 Å². The van der Waals surface area contributed by atoms with Gasteiger partial charge in [0.1, 0.15) is 5.82 Å². The predicted octanol–water partition coefficient (Wildman–Crippen LogP) is 1.98. The van der Waals surface area contributed by atoms with Crippen LogP contribution in [0, 0.1) is 12.7 Å². The van der Waals surface area contributed by atoms with Crippen LogP contribution in [0.4, 0.5) is 4.39 Å². The summed E-state index contributed by atoms with van der Waals surface area (Å²) in [6.45, 7) is 2.75. The van der Waals surface area contributed by atoms with Crippen LogP contribution in [0.15, 0.2) is 24.4 Å². The second kappa shape index (κ2) is 6.60. The highest BCUT2D eigenvalue weighted by Crippen LogP contribution is 2.25. The summed E-state index contributed by atoms with van der Waals surface area (Å²) in [7, 11) is 0. The number of amides is 1. The van der Waals surface area contributed by atoms with Crippen molar-refractivity contribution in [2.75, 3.05) is 13.1 Å². The maximum Gasteiger partial charge on any atom is 0.278 e. The van der Waals surface area contributed by atoms with Gasteiger partial charge >= 0.3 is 0 Å². The molecule has 1 aliphatic rings. The first-order valence-electron chi connectivity index (χ1n) is 8.07. The van der Waals surface area contributed by atoms with E-state index in [-0.39, 0.29) is 29.2 Å². The summed E-state index contributed by atoms with van der Waals surface area (Å²) in [6, 6.07) is 4.24. The van der Waals surface area contributed by atoms with Crippen LogP contribution in [-0.4, -0.2) is 44.8 Å². The van der Waals surface area contributed by atoms with E-state index in [2.05, 4.69) is 5.10 Å². The van der Waals surface area contributed by atoms with Gasteiger partial charge in [0.25, 0.3) is 5.91 Å². The van der Waals surface area contributed by atoms with Crippen molar-refractivity contribution in [3.8, 4) is 11.4 Å². The largest absolute Gasteiger partial charge is 0.504 e. The minimum Gasteiger partial charge on any atom is -0.504 e. The predicted molar refractivity (Wildman–Crippen MR) is 87.7 cm³/mol. The van der Waals surface area contributed by atoms with Crippen molar-refractivity contribution in [2.24, 2.45) is 5.73 Å². The van der Waals surface area contributed by atoms with E-state index in [1.165, 1.54) is 23.0 Å². The van der Waals surface area contributed by atoms with Crippen molar-refractivity contribution in [3.63, 3.8) is 0 Å². The van der Waals surface area contributed by atoms with E-state index in [4.69, 9.17) is 5.73 Å². The lowest BCUT2D eigenvalue weighted by atomic mass is 10.0. The summed E-state index contributed by atoms with van der Waals surface area (Å²) < 4.78 is 14.7. The van der Waals surface area contributed by atoms with Crippen LogP contribution in [0.25, 0.3) is 5.69 Å². The molecule has 1 aromatic heterocycles. The molecule has 1 aromatic carbocycles. The fraction of sp³-hybridized carbons (Fsp3) is 0.412. The second-order valence-electron chi connectivity index (χ2n) is 6.12. The Morgan fingerprint density at radius 1 is 1.46 bits per heavy atom. The van der Waals surface area contributed by atoms with Gasteiger partial charge in [-0.25, -0.2) is 9.07 Å². The molecule has 3 N–H and O–H groups in total. The molecule has 0 aliphatic carbocycles. The maximum absolute atomic E-state index is 13.2. The van der Waals surface area contributed by atoms with Crippen LogP contribution < -0.4 is 5.73 Å². The van der Waals surface area contributed by atoms with E-state index in [0.29, 0.717) is 24.3 Å². The monoisotopic (exact) mass is 332 g/mol. The molecule has 0 spiro atoms. The smallest absolute Gasteiger partial charge is 0.278 e. The number of carbonyl (C=O) groups excluding carboxylic acids is 1. The van der Waals surface area contributed by atoms with Gasteiger partial charge in [-0.3, -0.25) is 4.79 Å². The Hall–Kier alpha value is -2.41. The molecule has 3 rings (SSSR count). The molecule has 24 heavy (non-hydrogen) atoms. The Kier molecular flexibility index (Phi) is 4.53. The molecule has 1 amide bonds. The minimum absolute atomic E-state index is 0.000856. The Bertz CT molecular complexity index is 759. The molecule has 7 heteroatoms. The van der Waals surface area contributed by atoms with Gasteiger partial charge in [0.15, 0.2) is 11.4 Å². The van der Waals surface area contributed by atoms with Gasteiger partial charge in [0, 0.05) is 19.1 Å². The number of nitrogens with zero attached hydrogens (tertiary/aromatic N) is 3. The Morgan fingerprint density at radius 3 is 2.96 bits per heavy atom. The number of aromatic nitrogens is 2. The van der Waals surface area contributed by atoms with Gasteiger partial charge in [-0.05, 0) is 49.9 Å². The zero-order valence-corrected chi connectivity index (χ0v) is 13.6. The normalized spacial score (nSPS) is 18.0. The first kappa shape index (κ1) is 16.4.